The lowest BCUT2D eigenvalue weighted by atomic mass is 10.4. The van der Waals surface area contributed by atoms with Crippen molar-refractivity contribution in [1.29, 1.82) is 0 Å². The zero-order chi connectivity index (χ0) is 10.6. The van der Waals surface area contributed by atoms with Crippen LogP contribution in [0.5, 0.6) is 5.75 Å². The third-order valence-corrected chi connectivity index (χ3v) is 1.94. The molecule has 14 heavy (non-hydrogen) atoms. The maximum atomic E-state index is 5.66. The van der Waals surface area contributed by atoms with Crippen molar-refractivity contribution < 1.29 is 4.74 Å². The number of hydrogen-bond donors (Lipinski definition) is 1. The van der Waals surface area contributed by atoms with E-state index in [1.54, 1.807) is 7.11 Å². The second kappa shape index (κ2) is 4.64. The number of hydrogen-bond acceptors (Lipinski definition) is 5. The van der Waals surface area contributed by atoms with Crippen LogP contribution in [0.3, 0.4) is 0 Å². The minimum Gasteiger partial charge on any atom is -0.490 e. The Hall–Kier alpha value is -1.52. The Morgan fingerprint density at radius 3 is 2.79 bits per heavy atom. The van der Waals surface area contributed by atoms with Crippen LogP contribution in [-0.4, -0.2) is 30.7 Å². The van der Waals surface area contributed by atoms with Crippen LogP contribution in [-0.2, 0) is 0 Å². The molecule has 0 aromatic carbocycles. The number of methoxy groups -OCH3 is 1. The fourth-order valence-electron chi connectivity index (χ4n) is 1.29. The normalized spacial score (nSPS) is 9.93. The maximum Gasteiger partial charge on any atom is 0.204 e. The van der Waals surface area contributed by atoms with Crippen molar-refractivity contribution in [2.45, 2.75) is 13.3 Å². The van der Waals surface area contributed by atoms with E-state index in [9.17, 15) is 0 Å². The first kappa shape index (κ1) is 10.6. The summed E-state index contributed by atoms with van der Waals surface area (Å²) in [5.41, 5.74) is 5.66. The summed E-state index contributed by atoms with van der Waals surface area (Å²) in [6, 6.07) is 0. The average Bonchev–Trinajstić information content (AvgIpc) is 2.17. The van der Waals surface area contributed by atoms with Crippen molar-refractivity contribution in [3.05, 3.63) is 6.33 Å². The molecule has 0 aliphatic heterocycles. The quantitative estimate of drug-likeness (QED) is 0.775. The molecule has 0 bridgehead atoms. The van der Waals surface area contributed by atoms with Crippen molar-refractivity contribution in [2.75, 3.05) is 31.3 Å². The number of ether oxygens (including phenoxy) is 1. The molecule has 0 aliphatic carbocycles. The van der Waals surface area contributed by atoms with Gasteiger partial charge in [0.25, 0.3) is 0 Å². The second-order valence-corrected chi connectivity index (χ2v) is 3.04. The van der Waals surface area contributed by atoms with Gasteiger partial charge in [-0.2, -0.15) is 0 Å². The number of aromatic nitrogens is 2. The first-order valence-corrected chi connectivity index (χ1v) is 4.56. The van der Waals surface area contributed by atoms with Gasteiger partial charge in [0.2, 0.25) is 5.75 Å². The first-order chi connectivity index (χ1) is 6.70. The van der Waals surface area contributed by atoms with E-state index in [0.29, 0.717) is 11.6 Å². The largest absolute Gasteiger partial charge is 0.490 e. The van der Waals surface area contributed by atoms with E-state index in [1.807, 2.05) is 11.9 Å². The van der Waals surface area contributed by atoms with Crippen molar-refractivity contribution in [2.24, 2.45) is 0 Å². The van der Waals surface area contributed by atoms with E-state index in [1.165, 1.54) is 6.33 Å². The summed E-state index contributed by atoms with van der Waals surface area (Å²) in [5.74, 6) is 1.66. The third kappa shape index (κ3) is 2.04. The van der Waals surface area contributed by atoms with Crippen LogP contribution >= 0.6 is 0 Å². The van der Waals surface area contributed by atoms with Crippen LogP contribution in [0, 0.1) is 0 Å². The molecule has 0 radical (unpaired) electrons. The van der Waals surface area contributed by atoms with Crippen LogP contribution in [0.25, 0.3) is 0 Å². The molecule has 1 rings (SSSR count). The van der Waals surface area contributed by atoms with Crippen LogP contribution < -0.4 is 15.4 Å². The third-order valence-electron chi connectivity index (χ3n) is 1.94. The molecule has 0 amide bonds. The number of nitrogen functional groups attached to an aromatic ring is 1. The Morgan fingerprint density at radius 1 is 1.50 bits per heavy atom. The second-order valence-electron chi connectivity index (χ2n) is 3.04. The Balaban J connectivity index is 3.00. The van der Waals surface area contributed by atoms with E-state index in [-0.39, 0.29) is 0 Å². The van der Waals surface area contributed by atoms with Gasteiger partial charge < -0.3 is 15.4 Å². The molecule has 0 fully saturated rings. The average molecular weight is 196 g/mol. The van der Waals surface area contributed by atoms with Crippen LogP contribution in [0.15, 0.2) is 6.33 Å². The molecule has 5 nitrogen and oxygen atoms in total. The van der Waals surface area contributed by atoms with Gasteiger partial charge >= 0.3 is 0 Å². The number of nitrogens with two attached hydrogens (primary N) is 1. The SMILES string of the molecule is CCCN(C)c1ncnc(N)c1OC. The highest BCUT2D eigenvalue weighted by atomic mass is 16.5. The summed E-state index contributed by atoms with van der Waals surface area (Å²) < 4.78 is 5.15. The molecule has 78 valence electrons. The molecule has 0 saturated carbocycles. The summed E-state index contributed by atoms with van der Waals surface area (Å²) >= 11 is 0. The summed E-state index contributed by atoms with van der Waals surface area (Å²) in [5, 5.41) is 0. The van der Waals surface area contributed by atoms with E-state index in [0.717, 1.165) is 18.8 Å². The highest BCUT2D eigenvalue weighted by molar-refractivity contribution is 5.62. The highest BCUT2D eigenvalue weighted by Crippen LogP contribution is 2.28. The van der Waals surface area contributed by atoms with Gasteiger partial charge in [0.15, 0.2) is 11.6 Å². The van der Waals surface area contributed by atoms with Crippen LogP contribution in [0.2, 0.25) is 0 Å². The van der Waals surface area contributed by atoms with Gasteiger partial charge in [-0.15, -0.1) is 0 Å². The molecule has 0 spiro atoms. The summed E-state index contributed by atoms with van der Waals surface area (Å²) in [6.07, 6.45) is 2.49. The number of anilines is 2. The zero-order valence-electron chi connectivity index (χ0n) is 8.82. The van der Waals surface area contributed by atoms with E-state index >= 15 is 0 Å². The van der Waals surface area contributed by atoms with Crippen molar-refractivity contribution in [3.63, 3.8) is 0 Å². The highest BCUT2D eigenvalue weighted by Gasteiger charge is 2.12. The van der Waals surface area contributed by atoms with Gasteiger partial charge in [-0.25, -0.2) is 9.97 Å². The molecular weight excluding hydrogens is 180 g/mol. The summed E-state index contributed by atoms with van der Waals surface area (Å²) in [6.45, 7) is 3.01. The van der Waals surface area contributed by atoms with Gasteiger partial charge in [-0.05, 0) is 6.42 Å². The van der Waals surface area contributed by atoms with Crippen molar-refractivity contribution in [3.8, 4) is 5.75 Å². The topological polar surface area (TPSA) is 64.3 Å². The predicted molar refractivity (Wildman–Crippen MR) is 56.6 cm³/mol. The van der Waals surface area contributed by atoms with Gasteiger partial charge in [0, 0.05) is 13.6 Å². The molecule has 0 aliphatic rings. The molecule has 5 heteroatoms. The fourth-order valence-corrected chi connectivity index (χ4v) is 1.29. The van der Waals surface area contributed by atoms with Crippen molar-refractivity contribution >= 4 is 11.6 Å². The van der Waals surface area contributed by atoms with Gasteiger partial charge in [-0.3, -0.25) is 0 Å². The Kier molecular flexibility index (Phi) is 3.50. The minimum atomic E-state index is 0.375. The van der Waals surface area contributed by atoms with Gasteiger partial charge in [-0.1, -0.05) is 6.92 Å². The molecule has 0 saturated heterocycles. The Morgan fingerprint density at radius 2 is 2.21 bits per heavy atom. The number of rotatable bonds is 4. The van der Waals surface area contributed by atoms with E-state index in [4.69, 9.17) is 10.5 Å². The molecule has 1 heterocycles. The van der Waals surface area contributed by atoms with E-state index in [2.05, 4.69) is 16.9 Å². The van der Waals surface area contributed by atoms with Gasteiger partial charge in [0.1, 0.15) is 6.33 Å². The van der Waals surface area contributed by atoms with E-state index < -0.39 is 0 Å². The molecule has 0 unspecified atom stereocenters. The summed E-state index contributed by atoms with van der Waals surface area (Å²) in [7, 11) is 3.52. The lowest BCUT2D eigenvalue weighted by Gasteiger charge is -2.19. The smallest absolute Gasteiger partial charge is 0.204 e. The fraction of sp³-hybridized carbons (Fsp3) is 0.556. The van der Waals surface area contributed by atoms with Gasteiger partial charge in [0.05, 0.1) is 7.11 Å². The van der Waals surface area contributed by atoms with Crippen LogP contribution in [0.1, 0.15) is 13.3 Å². The van der Waals surface area contributed by atoms with Crippen LogP contribution in [0.4, 0.5) is 11.6 Å². The predicted octanol–water partition coefficient (Wildman–Crippen LogP) is 0.914. The molecule has 0 atom stereocenters. The Bertz CT molecular complexity index is 303. The lowest BCUT2D eigenvalue weighted by molar-refractivity contribution is 0.413. The Labute approximate surface area is 83.9 Å². The molecule has 1 aromatic heterocycles. The molecule has 1 aromatic rings. The standard InChI is InChI=1S/C9H16N4O/c1-4-5-13(2)9-7(14-3)8(10)11-6-12-9/h6H,4-5H2,1-3H3,(H2,10,11,12). The summed E-state index contributed by atoms with van der Waals surface area (Å²) in [4.78, 5) is 10.0. The maximum absolute atomic E-state index is 5.66. The monoisotopic (exact) mass is 196 g/mol. The lowest BCUT2D eigenvalue weighted by Crippen LogP contribution is -2.20. The molecule has 2 N–H and O–H groups in total. The number of nitrogens with zero attached hydrogens (tertiary/aromatic N) is 3. The molecular formula is C9H16N4O. The van der Waals surface area contributed by atoms with Crippen molar-refractivity contribution in [1.82, 2.24) is 9.97 Å². The first-order valence-electron chi connectivity index (χ1n) is 4.56. The minimum absolute atomic E-state index is 0.375. The zero-order valence-corrected chi connectivity index (χ0v) is 8.82.